The Morgan fingerprint density at radius 3 is 2.55 bits per heavy atom. The number of fused-ring (bicyclic) bond motifs is 5. The van der Waals surface area contributed by atoms with E-state index >= 15 is 8.78 Å². The van der Waals surface area contributed by atoms with E-state index in [1.807, 2.05) is 19.2 Å². The van der Waals surface area contributed by atoms with Crippen molar-refractivity contribution in [2.75, 3.05) is 51.9 Å². The van der Waals surface area contributed by atoms with Crippen molar-refractivity contribution < 1.29 is 17.9 Å². The number of hydrogen-bond donors (Lipinski definition) is 0. The number of rotatable bonds is 4. The number of piperazine rings is 1. The molecule has 0 aromatic heterocycles. The van der Waals surface area contributed by atoms with E-state index in [-0.39, 0.29) is 17.7 Å². The van der Waals surface area contributed by atoms with Gasteiger partial charge in [0, 0.05) is 54.8 Å². The molecule has 3 aliphatic rings. The van der Waals surface area contributed by atoms with Gasteiger partial charge in [-0.1, -0.05) is 0 Å². The van der Waals surface area contributed by atoms with Gasteiger partial charge < -0.3 is 19.1 Å². The zero-order chi connectivity index (χ0) is 21.7. The van der Waals surface area contributed by atoms with Crippen LogP contribution < -0.4 is 9.64 Å². The molecule has 2 aromatic rings. The van der Waals surface area contributed by atoms with Gasteiger partial charge >= 0.3 is 0 Å². The predicted octanol–water partition coefficient (Wildman–Crippen LogP) is 4.30. The molecule has 0 spiro atoms. The number of alkyl halides is 1. The number of aryl methyl sites for hydroxylation is 1. The average molecular weight is 428 g/mol. The minimum atomic E-state index is -0.667. The fraction of sp³-hybridized carbons (Fsp3) is 0.348. The van der Waals surface area contributed by atoms with Crippen LogP contribution in [0.25, 0.3) is 33.1 Å². The molecule has 0 saturated carbocycles. The second-order valence-corrected chi connectivity index (χ2v) is 7.98. The molecule has 0 N–H and O–H groups in total. The summed E-state index contributed by atoms with van der Waals surface area (Å²) >= 11 is 0. The number of pyridine rings is 1. The Morgan fingerprint density at radius 1 is 1.06 bits per heavy atom. The molecule has 0 bridgehead atoms. The maximum atomic E-state index is 15.8. The Hall–Kier alpha value is -3.00. The van der Waals surface area contributed by atoms with Crippen LogP contribution in [-0.4, -0.2) is 61.5 Å². The molecule has 8 heteroatoms. The molecule has 3 aliphatic heterocycles. The van der Waals surface area contributed by atoms with Crippen LogP contribution in [0, 0.1) is 11.6 Å². The van der Waals surface area contributed by atoms with Gasteiger partial charge in [0.15, 0.2) is 5.82 Å². The van der Waals surface area contributed by atoms with Crippen LogP contribution in [-0.2, 0) is 6.54 Å². The van der Waals surface area contributed by atoms with Crippen LogP contribution in [0.2, 0.25) is 0 Å². The minimum Gasteiger partial charge on any atom is -0.497 e. The van der Waals surface area contributed by atoms with Crippen molar-refractivity contribution in [2.24, 2.45) is 0 Å². The number of methoxy groups -OCH3 is 1. The van der Waals surface area contributed by atoms with E-state index in [4.69, 9.17) is 4.74 Å². The quantitative estimate of drug-likeness (QED) is 0.485. The third-order valence-electron chi connectivity index (χ3n) is 6.12. The van der Waals surface area contributed by atoms with Gasteiger partial charge in [0.1, 0.15) is 23.9 Å². The smallest absolute Gasteiger partial charge is 0.173 e. The van der Waals surface area contributed by atoms with Crippen LogP contribution in [0.3, 0.4) is 0 Å². The van der Waals surface area contributed by atoms with E-state index in [9.17, 15) is 4.39 Å². The monoisotopic (exact) mass is 428 g/mol. The molecule has 31 heavy (non-hydrogen) atoms. The van der Waals surface area contributed by atoms with E-state index in [2.05, 4.69) is 9.88 Å². The fourth-order valence-electron chi connectivity index (χ4n) is 4.47. The molecule has 0 unspecified atom stereocenters. The first-order chi connectivity index (χ1) is 15.0. The van der Waals surface area contributed by atoms with Gasteiger partial charge in [-0.05, 0) is 25.2 Å². The topological polar surface area (TPSA) is 33.5 Å². The molecule has 5 nitrogen and oxygen atoms in total. The molecular formula is C23H23F3N4O. The molecule has 1 fully saturated rings. The van der Waals surface area contributed by atoms with E-state index in [1.54, 1.807) is 24.3 Å². The predicted molar refractivity (Wildman–Crippen MR) is 116 cm³/mol. The molecule has 1 saturated heterocycles. The highest BCUT2D eigenvalue weighted by Gasteiger charge is 2.27. The van der Waals surface area contributed by atoms with E-state index in [0.717, 1.165) is 24.0 Å². The molecule has 5 rings (SSSR count). The summed E-state index contributed by atoms with van der Waals surface area (Å²) in [7, 11) is 3.55. The highest BCUT2D eigenvalue weighted by molar-refractivity contribution is 6.07. The number of halogens is 3. The van der Waals surface area contributed by atoms with Gasteiger partial charge in [-0.2, -0.15) is 0 Å². The summed E-state index contributed by atoms with van der Waals surface area (Å²) in [6.45, 7) is 1.81. The van der Waals surface area contributed by atoms with Crippen LogP contribution in [0.4, 0.5) is 18.9 Å². The lowest BCUT2D eigenvalue weighted by Gasteiger charge is -2.34. The normalized spacial score (nSPS) is 15.5. The lowest BCUT2D eigenvalue weighted by atomic mass is 10.0. The maximum Gasteiger partial charge on any atom is 0.173 e. The Morgan fingerprint density at radius 2 is 1.84 bits per heavy atom. The summed E-state index contributed by atoms with van der Waals surface area (Å²) in [6.07, 6.45) is 1.72. The Bertz CT molecular complexity index is 1250. The van der Waals surface area contributed by atoms with Crippen LogP contribution in [0.15, 0.2) is 30.5 Å². The molecule has 3 heterocycles. The Labute approximate surface area is 178 Å². The van der Waals surface area contributed by atoms with Gasteiger partial charge in [-0.15, -0.1) is 0 Å². The number of likely N-dealkylation sites (N-methyl/N-ethyl adjacent to an activating group) is 1. The largest absolute Gasteiger partial charge is 0.497 e. The summed E-state index contributed by atoms with van der Waals surface area (Å²) in [4.78, 5) is 8.50. The van der Waals surface area contributed by atoms with Gasteiger partial charge in [0.05, 0.1) is 30.4 Å². The van der Waals surface area contributed by atoms with Gasteiger partial charge in [0.25, 0.3) is 0 Å². The number of ether oxygens (including phenoxy) is 1. The van der Waals surface area contributed by atoms with Crippen molar-refractivity contribution in [3.63, 3.8) is 0 Å². The standard InChI is InChI=1S/C23H23F3N4O/c1-28-7-9-29(10-8-28)23-18(25)12-16-21-17(13-30(6-5-24)22(16)20(23)26)15-4-3-14(31-2)11-19(15)27-21/h3-4,11-13H,5-10H2,1-2H3. The number of benzene rings is 2. The van der Waals surface area contributed by atoms with E-state index < -0.39 is 18.3 Å². The molecule has 0 atom stereocenters. The highest BCUT2D eigenvalue weighted by Crippen LogP contribution is 2.41. The molecule has 0 radical (unpaired) electrons. The molecule has 2 aromatic carbocycles. The number of aromatic nitrogens is 2. The van der Waals surface area contributed by atoms with E-state index in [0.29, 0.717) is 35.4 Å². The SMILES string of the molecule is COc1ccc2c3cn(CCF)c4c(F)c(N5CCN(C)CC5)c(F)cc4c-3nc2c1. The summed E-state index contributed by atoms with van der Waals surface area (Å²) in [5.74, 6) is -0.649. The highest BCUT2D eigenvalue weighted by atomic mass is 19.1. The zero-order valence-corrected chi connectivity index (χ0v) is 17.5. The van der Waals surface area contributed by atoms with Crippen molar-refractivity contribution in [3.05, 3.63) is 42.1 Å². The molecule has 0 aliphatic carbocycles. The van der Waals surface area contributed by atoms with Crippen molar-refractivity contribution in [1.29, 1.82) is 0 Å². The second kappa shape index (κ2) is 7.60. The number of anilines is 1. The van der Waals surface area contributed by atoms with Crippen molar-refractivity contribution in [1.82, 2.24) is 14.5 Å². The second-order valence-electron chi connectivity index (χ2n) is 7.98. The first-order valence-electron chi connectivity index (χ1n) is 10.3. The summed E-state index contributed by atoms with van der Waals surface area (Å²) in [5.41, 5.74) is 2.01. The van der Waals surface area contributed by atoms with Crippen molar-refractivity contribution >= 4 is 27.5 Å². The van der Waals surface area contributed by atoms with E-state index in [1.165, 1.54) is 10.6 Å². The van der Waals surface area contributed by atoms with Gasteiger partial charge in [0.2, 0.25) is 0 Å². The maximum absolute atomic E-state index is 15.8. The third kappa shape index (κ3) is 3.17. The molecule has 162 valence electrons. The Balaban J connectivity index is 1.79. The zero-order valence-electron chi connectivity index (χ0n) is 17.5. The fourth-order valence-corrected chi connectivity index (χ4v) is 4.47. The molecular weight excluding hydrogens is 405 g/mol. The molecule has 0 amide bonds. The van der Waals surface area contributed by atoms with Crippen LogP contribution in [0.1, 0.15) is 0 Å². The van der Waals surface area contributed by atoms with Gasteiger partial charge in [-0.25, -0.2) is 18.2 Å². The number of nitrogens with zero attached hydrogens (tertiary/aromatic N) is 4. The lowest BCUT2D eigenvalue weighted by Crippen LogP contribution is -2.45. The summed E-state index contributed by atoms with van der Waals surface area (Å²) in [5, 5.41) is 1.17. The number of hydrogen-bond acceptors (Lipinski definition) is 4. The van der Waals surface area contributed by atoms with Gasteiger partial charge in [-0.3, -0.25) is 0 Å². The summed E-state index contributed by atoms with van der Waals surface area (Å²) in [6, 6.07) is 6.80. The lowest BCUT2D eigenvalue weighted by molar-refractivity contribution is 0.310. The average Bonchev–Trinajstić information content (AvgIpc) is 3.13. The van der Waals surface area contributed by atoms with Crippen LogP contribution in [0.5, 0.6) is 5.75 Å². The third-order valence-corrected chi connectivity index (χ3v) is 6.12. The first-order valence-corrected chi connectivity index (χ1v) is 10.3. The van der Waals surface area contributed by atoms with Crippen molar-refractivity contribution in [3.8, 4) is 17.0 Å². The minimum absolute atomic E-state index is 0.0278. The van der Waals surface area contributed by atoms with Crippen molar-refractivity contribution in [2.45, 2.75) is 6.54 Å². The Kier molecular flexibility index (Phi) is 4.89. The first kappa shape index (κ1) is 19.9. The summed E-state index contributed by atoms with van der Waals surface area (Å²) < 4.78 is 51.3. The van der Waals surface area contributed by atoms with Crippen LogP contribution >= 0.6 is 0 Å².